The second-order valence-electron chi connectivity index (χ2n) is 2.68. The summed E-state index contributed by atoms with van der Waals surface area (Å²) in [5, 5.41) is 0.157. The first-order valence-electron chi connectivity index (χ1n) is 4.06. The second-order valence-corrected chi connectivity index (χ2v) is 3.08. The summed E-state index contributed by atoms with van der Waals surface area (Å²) in [6.45, 7) is 0. The van der Waals surface area contributed by atoms with Gasteiger partial charge in [0.05, 0.1) is 30.4 Å². The summed E-state index contributed by atoms with van der Waals surface area (Å²) in [7, 11) is 2.53. The smallest absolute Gasteiger partial charge is 0.339 e. The van der Waals surface area contributed by atoms with Crippen molar-refractivity contribution in [1.29, 1.82) is 0 Å². The molecule has 1 aromatic rings. The number of ether oxygens (including phenoxy) is 2. The molecule has 0 fully saturated rings. The van der Waals surface area contributed by atoms with Crippen molar-refractivity contribution < 1.29 is 19.1 Å². The maximum atomic E-state index is 11.2. The molecular weight excluding hydrogens is 220 g/mol. The van der Waals surface area contributed by atoms with Gasteiger partial charge in [-0.3, -0.25) is 0 Å². The summed E-state index contributed by atoms with van der Waals surface area (Å²) in [5.74, 6) is -1.05. The van der Waals surface area contributed by atoms with Crippen molar-refractivity contribution in [2.24, 2.45) is 0 Å². The van der Waals surface area contributed by atoms with Crippen molar-refractivity contribution >= 4 is 23.5 Å². The number of rotatable bonds is 2. The van der Waals surface area contributed by atoms with E-state index < -0.39 is 11.9 Å². The number of methoxy groups -OCH3 is 2. The van der Waals surface area contributed by atoms with Crippen LogP contribution in [0.15, 0.2) is 18.2 Å². The van der Waals surface area contributed by atoms with E-state index in [1.165, 1.54) is 32.4 Å². The lowest BCUT2D eigenvalue weighted by Gasteiger charge is -2.04. The van der Waals surface area contributed by atoms with Gasteiger partial charge in [-0.05, 0) is 18.2 Å². The van der Waals surface area contributed by atoms with E-state index in [1.54, 1.807) is 0 Å². The molecule has 0 radical (unpaired) electrons. The quantitative estimate of drug-likeness (QED) is 0.726. The van der Waals surface area contributed by atoms with Crippen molar-refractivity contribution in [3.8, 4) is 0 Å². The van der Waals surface area contributed by atoms with Crippen molar-refractivity contribution in [2.45, 2.75) is 0 Å². The van der Waals surface area contributed by atoms with E-state index in [0.717, 1.165) is 0 Å². The molecule has 0 N–H and O–H groups in total. The average Bonchev–Trinajstić information content (AvgIpc) is 2.26. The van der Waals surface area contributed by atoms with Gasteiger partial charge in [0, 0.05) is 0 Å². The second kappa shape index (κ2) is 4.79. The van der Waals surface area contributed by atoms with E-state index in [-0.39, 0.29) is 16.1 Å². The van der Waals surface area contributed by atoms with Crippen LogP contribution in [0.2, 0.25) is 5.02 Å². The van der Waals surface area contributed by atoms with Gasteiger partial charge in [-0.1, -0.05) is 11.6 Å². The minimum Gasteiger partial charge on any atom is -0.465 e. The minimum atomic E-state index is -0.545. The number of esters is 2. The first kappa shape index (κ1) is 11.5. The fourth-order valence-corrected chi connectivity index (χ4v) is 1.29. The van der Waals surface area contributed by atoms with Gasteiger partial charge in [0.15, 0.2) is 0 Å². The Labute approximate surface area is 91.7 Å². The third kappa shape index (κ3) is 2.47. The van der Waals surface area contributed by atoms with E-state index in [2.05, 4.69) is 9.47 Å². The Morgan fingerprint density at radius 3 is 2.20 bits per heavy atom. The molecule has 0 bridgehead atoms. The summed E-state index contributed by atoms with van der Waals surface area (Å²) in [4.78, 5) is 22.3. The molecule has 1 rings (SSSR count). The van der Waals surface area contributed by atoms with E-state index in [4.69, 9.17) is 11.6 Å². The van der Waals surface area contributed by atoms with Crippen LogP contribution in [-0.4, -0.2) is 26.2 Å². The molecule has 1 aromatic carbocycles. The first-order chi connectivity index (χ1) is 7.10. The Hall–Kier alpha value is -1.55. The topological polar surface area (TPSA) is 52.6 Å². The maximum Gasteiger partial charge on any atom is 0.339 e. The zero-order valence-electron chi connectivity index (χ0n) is 8.24. The van der Waals surface area contributed by atoms with Gasteiger partial charge < -0.3 is 9.47 Å². The molecule has 0 aliphatic carbocycles. The molecule has 0 unspecified atom stereocenters. The summed E-state index contributed by atoms with van der Waals surface area (Å²) < 4.78 is 9.01. The SMILES string of the molecule is COC(=O)c1ccc(C(=O)OC)c(Cl)c1. The van der Waals surface area contributed by atoms with Crippen molar-refractivity contribution in [3.63, 3.8) is 0 Å². The predicted octanol–water partition coefficient (Wildman–Crippen LogP) is 1.91. The Bertz CT molecular complexity index is 400. The third-order valence-corrected chi connectivity index (χ3v) is 2.11. The van der Waals surface area contributed by atoms with Crippen LogP contribution in [-0.2, 0) is 9.47 Å². The van der Waals surface area contributed by atoms with Gasteiger partial charge >= 0.3 is 11.9 Å². The fraction of sp³-hybridized carbons (Fsp3) is 0.200. The van der Waals surface area contributed by atoms with Crippen LogP contribution >= 0.6 is 11.6 Å². The van der Waals surface area contributed by atoms with Crippen LogP contribution in [0.5, 0.6) is 0 Å². The third-order valence-electron chi connectivity index (χ3n) is 1.80. The molecule has 0 saturated heterocycles. The van der Waals surface area contributed by atoms with Gasteiger partial charge in [-0.2, -0.15) is 0 Å². The molecule has 0 aliphatic rings. The number of benzene rings is 1. The average molecular weight is 229 g/mol. The van der Waals surface area contributed by atoms with Gasteiger partial charge in [0.25, 0.3) is 0 Å². The first-order valence-corrected chi connectivity index (χ1v) is 4.44. The molecule has 0 heterocycles. The van der Waals surface area contributed by atoms with Crippen LogP contribution in [0.3, 0.4) is 0 Å². The van der Waals surface area contributed by atoms with Gasteiger partial charge in [-0.15, -0.1) is 0 Å². The van der Waals surface area contributed by atoms with E-state index in [9.17, 15) is 9.59 Å². The number of hydrogen-bond donors (Lipinski definition) is 0. The maximum absolute atomic E-state index is 11.2. The van der Waals surface area contributed by atoms with Crippen molar-refractivity contribution in [2.75, 3.05) is 14.2 Å². The Morgan fingerprint density at radius 1 is 1.13 bits per heavy atom. The summed E-state index contributed by atoms with van der Waals surface area (Å²) in [6.07, 6.45) is 0. The highest BCUT2D eigenvalue weighted by Crippen LogP contribution is 2.19. The normalized spacial score (nSPS) is 9.53. The molecule has 0 aliphatic heterocycles. The molecule has 0 amide bonds. The lowest BCUT2D eigenvalue weighted by atomic mass is 10.1. The monoisotopic (exact) mass is 228 g/mol. The zero-order chi connectivity index (χ0) is 11.4. The van der Waals surface area contributed by atoms with Crippen molar-refractivity contribution in [1.82, 2.24) is 0 Å². The van der Waals surface area contributed by atoms with Crippen molar-refractivity contribution in [3.05, 3.63) is 34.3 Å². The number of hydrogen-bond acceptors (Lipinski definition) is 4. The Balaban J connectivity index is 3.08. The van der Waals surface area contributed by atoms with Crippen LogP contribution in [0.25, 0.3) is 0 Å². The molecule has 15 heavy (non-hydrogen) atoms. The minimum absolute atomic E-state index is 0.157. The van der Waals surface area contributed by atoms with Gasteiger partial charge in [0.1, 0.15) is 0 Å². The summed E-state index contributed by atoms with van der Waals surface area (Å²) >= 11 is 5.80. The Kier molecular flexibility index (Phi) is 3.68. The number of carbonyl (C=O) groups excluding carboxylic acids is 2. The highest BCUT2D eigenvalue weighted by atomic mass is 35.5. The fourth-order valence-electron chi connectivity index (χ4n) is 1.04. The molecule has 0 aromatic heterocycles. The summed E-state index contributed by atoms with van der Waals surface area (Å²) in [6, 6.07) is 4.23. The molecule has 5 heteroatoms. The molecule has 0 saturated carbocycles. The molecule has 4 nitrogen and oxygen atoms in total. The van der Waals surface area contributed by atoms with E-state index in [1.807, 2.05) is 0 Å². The number of halogens is 1. The lowest BCUT2D eigenvalue weighted by molar-refractivity contribution is 0.0587. The Morgan fingerprint density at radius 2 is 1.73 bits per heavy atom. The molecule has 0 atom stereocenters. The van der Waals surface area contributed by atoms with Gasteiger partial charge in [-0.25, -0.2) is 9.59 Å². The summed E-state index contributed by atoms with van der Waals surface area (Å²) in [5.41, 5.74) is 0.502. The molecule has 80 valence electrons. The molecule has 0 spiro atoms. The largest absolute Gasteiger partial charge is 0.465 e. The molecular formula is C10H9ClO4. The lowest BCUT2D eigenvalue weighted by Crippen LogP contribution is -2.05. The number of carbonyl (C=O) groups is 2. The van der Waals surface area contributed by atoms with Crippen LogP contribution in [0.4, 0.5) is 0 Å². The highest BCUT2D eigenvalue weighted by molar-refractivity contribution is 6.33. The predicted molar refractivity (Wildman–Crippen MR) is 54.1 cm³/mol. The zero-order valence-corrected chi connectivity index (χ0v) is 9.00. The van der Waals surface area contributed by atoms with E-state index in [0.29, 0.717) is 0 Å². The van der Waals surface area contributed by atoms with Crippen LogP contribution < -0.4 is 0 Å². The van der Waals surface area contributed by atoms with E-state index >= 15 is 0 Å². The van der Waals surface area contributed by atoms with Crippen LogP contribution in [0, 0.1) is 0 Å². The van der Waals surface area contributed by atoms with Crippen LogP contribution in [0.1, 0.15) is 20.7 Å². The van der Waals surface area contributed by atoms with Gasteiger partial charge in [0.2, 0.25) is 0 Å². The standard InChI is InChI=1S/C10H9ClO4/c1-14-9(12)6-3-4-7(8(11)5-6)10(13)15-2/h3-5H,1-2H3. The highest BCUT2D eigenvalue weighted by Gasteiger charge is 2.13.